The fraction of sp³-hybridized carbons (Fsp3) is 0.206. The summed E-state index contributed by atoms with van der Waals surface area (Å²) in [5.41, 5.74) is 3.93. The van der Waals surface area contributed by atoms with Gasteiger partial charge >= 0.3 is 0 Å². The van der Waals surface area contributed by atoms with Gasteiger partial charge in [-0.3, -0.25) is 4.79 Å². The van der Waals surface area contributed by atoms with Crippen molar-refractivity contribution in [2.45, 2.75) is 18.9 Å². The molecule has 1 aliphatic rings. The van der Waals surface area contributed by atoms with Crippen LogP contribution < -0.4 is 10.6 Å². The van der Waals surface area contributed by atoms with Gasteiger partial charge in [0, 0.05) is 31.6 Å². The fourth-order valence-electron chi connectivity index (χ4n) is 5.13. The summed E-state index contributed by atoms with van der Waals surface area (Å²) in [4.78, 5) is 42.5. The standard InChI is InChI=1S/C34H29N9O7/c1-43(2)11-10-35-20-8-6-19(7-9-20)12-22-30-40-27(17-48-30)34-41-25(16-50-34)31-36-21(13-46-31)4-3-5-28-37-24(15-45-28)32-42-26(18-49-32)33-39-23(14-47-33)29(44)38-22/h3,5-9,13-18,22,35H,4,10-12H2,1-2H3,(H,38,44)/b5-3+. The Kier molecular flexibility index (Phi) is 8.10. The molecule has 1 aliphatic heterocycles. The van der Waals surface area contributed by atoms with E-state index >= 15 is 0 Å². The number of rotatable bonds is 6. The van der Waals surface area contributed by atoms with Crippen LogP contribution in [0.4, 0.5) is 5.69 Å². The van der Waals surface area contributed by atoms with Gasteiger partial charge < -0.3 is 42.0 Å². The third-order valence-corrected chi connectivity index (χ3v) is 7.69. The Morgan fingerprint density at radius 1 is 0.720 bits per heavy atom. The van der Waals surface area contributed by atoms with Gasteiger partial charge in [-0.25, -0.2) is 29.9 Å². The molecule has 12 bridgehead atoms. The first-order valence-electron chi connectivity index (χ1n) is 15.6. The second-order valence-corrected chi connectivity index (χ2v) is 11.7. The zero-order valence-corrected chi connectivity index (χ0v) is 26.8. The third kappa shape index (κ3) is 6.59. The average molecular weight is 676 g/mol. The summed E-state index contributed by atoms with van der Waals surface area (Å²) < 4.78 is 34.0. The molecular formula is C34H29N9O7. The van der Waals surface area contributed by atoms with Crippen molar-refractivity contribution in [3.05, 3.63) is 96.7 Å². The van der Waals surface area contributed by atoms with Gasteiger partial charge in [0.05, 0.1) is 5.69 Å². The van der Waals surface area contributed by atoms with E-state index in [1.807, 2.05) is 44.4 Å². The van der Waals surface area contributed by atoms with Gasteiger partial charge in [0.25, 0.3) is 5.91 Å². The molecule has 0 fully saturated rings. The molecule has 0 saturated carbocycles. The lowest BCUT2D eigenvalue weighted by Gasteiger charge is -2.16. The number of nitrogens with one attached hydrogen (secondary N) is 2. The maximum Gasteiger partial charge on any atom is 0.273 e. The van der Waals surface area contributed by atoms with Crippen LogP contribution in [-0.4, -0.2) is 67.9 Å². The molecule has 7 heterocycles. The second-order valence-electron chi connectivity index (χ2n) is 11.7. The maximum absolute atomic E-state index is 13.6. The molecule has 0 radical (unpaired) electrons. The largest absolute Gasteiger partial charge is 0.446 e. The number of benzene rings is 1. The first-order valence-corrected chi connectivity index (χ1v) is 15.6. The molecule has 2 N–H and O–H groups in total. The molecule has 252 valence electrons. The van der Waals surface area contributed by atoms with Gasteiger partial charge in [-0.05, 0) is 37.9 Å². The Morgan fingerprint density at radius 3 is 2.06 bits per heavy atom. The minimum atomic E-state index is -0.703. The molecule has 7 aromatic rings. The Balaban J connectivity index is 1.11. The van der Waals surface area contributed by atoms with E-state index in [2.05, 4.69) is 45.4 Å². The molecule has 1 aromatic carbocycles. The number of likely N-dealkylation sites (N-methyl/N-ethyl adjacent to an activating group) is 1. The summed E-state index contributed by atoms with van der Waals surface area (Å²) in [6, 6.07) is 7.24. The van der Waals surface area contributed by atoms with Crippen molar-refractivity contribution < 1.29 is 31.3 Å². The van der Waals surface area contributed by atoms with Crippen molar-refractivity contribution in [1.29, 1.82) is 0 Å². The molecule has 16 heteroatoms. The van der Waals surface area contributed by atoms with Crippen LogP contribution in [0.25, 0.3) is 52.4 Å². The fourth-order valence-corrected chi connectivity index (χ4v) is 5.13. The molecule has 1 atom stereocenters. The minimum absolute atomic E-state index is 0.0211. The predicted molar refractivity (Wildman–Crippen MR) is 175 cm³/mol. The summed E-state index contributed by atoms with van der Waals surface area (Å²) >= 11 is 0. The smallest absolute Gasteiger partial charge is 0.273 e. The lowest BCUT2D eigenvalue weighted by molar-refractivity contribution is 0.0925. The first kappa shape index (κ1) is 30.8. The molecule has 0 saturated heterocycles. The highest BCUT2D eigenvalue weighted by molar-refractivity contribution is 5.92. The van der Waals surface area contributed by atoms with Gasteiger partial charge in [-0.1, -0.05) is 18.2 Å². The minimum Gasteiger partial charge on any atom is -0.446 e. The first-order chi connectivity index (χ1) is 24.4. The highest BCUT2D eigenvalue weighted by Gasteiger charge is 2.26. The topological polar surface area (TPSA) is 201 Å². The van der Waals surface area contributed by atoms with Crippen LogP contribution in [0.1, 0.15) is 39.6 Å². The highest BCUT2D eigenvalue weighted by atomic mass is 16.4. The summed E-state index contributed by atoms with van der Waals surface area (Å²) in [6.07, 6.45) is 12.7. The number of amides is 1. The van der Waals surface area contributed by atoms with Crippen molar-refractivity contribution in [3.8, 4) is 46.3 Å². The second kappa shape index (κ2) is 13.2. The van der Waals surface area contributed by atoms with Crippen molar-refractivity contribution in [1.82, 2.24) is 40.1 Å². The monoisotopic (exact) mass is 675 g/mol. The molecule has 0 aliphatic carbocycles. The summed E-state index contributed by atoms with van der Waals surface area (Å²) in [5, 5.41) is 6.38. The molecule has 1 unspecified atom stereocenters. The Morgan fingerprint density at radius 2 is 1.32 bits per heavy atom. The molecule has 50 heavy (non-hydrogen) atoms. The van der Waals surface area contributed by atoms with E-state index in [-0.39, 0.29) is 40.8 Å². The SMILES string of the molecule is CN(C)CCNc1ccc(CC2NC(=O)c3coc(n3)-c3coc(n3)-c3coc(n3)/C=C/Cc3coc(n3)-c3coc(n3)-c3coc2n3)cc1. The molecule has 8 rings (SSSR count). The number of carbonyl (C=O) groups excluding carboxylic acids is 1. The Labute approximate surface area is 283 Å². The number of carbonyl (C=O) groups is 1. The van der Waals surface area contributed by atoms with E-state index in [9.17, 15) is 4.79 Å². The lowest BCUT2D eigenvalue weighted by Crippen LogP contribution is -2.30. The molecule has 16 nitrogen and oxygen atoms in total. The summed E-state index contributed by atoms with van der Waals surface area (Å²) in [6.45, 7) is 1.70. The van der Waals surface area contributed by atoms with Gasteiger partial charge in [0.2, 0.25) is 35.3 Å². The van der Waals surface area contributed by atoms with Crippen LogP contribution in [-0.2, 0) is 12.8 Å². The van der Waals surface area contributed by atoms with Crippen molar-refractivity contribution >= 4 is 17.7 Å². The van der Waals surface area contributed by atoms with Gasteiger partial charge in [-0.2, -0.15) is 0 Å². The quantitative estimate of drug-likeness (QED) is 0.222. The lowest BCUT2D eigenvalue weighted by atomic mass is 10.0. The van der Waals surface area contributed by atoms with Gasteiger partial charge in [-0.15, -0.1) is 0 Å². The van der Waals surface area contributed by atoms with Gasteiger partial charge in [0.1, 0.15) is 43.6 Å². The van der Waals surface area contributed by atoms with Crippen LogP contribution in [0.2, 0.25) is 0 Å². The molecule has 0 spiro atoms. The normalized spacial score (nSPS) is 15.1. The highest BCUT2D eigenvalue weighted by Crippen LogP contribution is 2.28. The number of hydrogen-bond acceptors (Lipinski definition) is 15. The average Bonchev–Trinajstić information content (AvgIpc) is 3.96. The van der Waals surface area contributed by atoms with Crippen molar-refractivity contribution in [3.63, 3.8) is 0 Å². The number of nitrogens with zero attached hydrogens (tertiary/aromatic N) is 7. The maximum atomic E-state index is 13.6. The van der Waals surface area contributed by atoms with E-state index in [1.54, 1.807) is 6.08 Å². The van der Waals surface area contributed by atoms with Crippen LogP contribution in [0.15, 0.2) is 94.4 Å². The van der Waals surface area contributed by atoms with E-state index < -0.39 is 11.9 Å². The molecular weight excluding hydrogens is 646 g/mol. The zero-order chi connectivity index (χ0) is 34.0. The number of oxazole rings is 6. The third-order valence-electron chi connectivity index (χ3n) is 7.69. The van der Waals surface area contributed by atoms with E-state index in [0.29, 0.717) is 41.5 Å². The van der Waals surface area contributed by atoms with Gasteiger partial charge in [0.15, 0.2) is 28.5 Å². The van der Waals surface area contributed by atoms with Crippen LogP contribution >= 0.6 is 0 Å². The Hall–Kier alpha value is -6.55. The van der Waals surface area contributed by atoms with E-state index in [4.69, 9.17) is 26.5 Å². The molecule has 1 amide bonds. The van der Waals surface area contributed by atoms with E-state index in [1.165, 1.54) is 37.6 Å². The number of hydrogen-bond donors (Lipinski definition) is 2. The number of allylic oxidation sites excluding steroid dienone is 1. The number of anilines is 1. The summed E-state index contributed by atoms with van der Waals surface area (Å²) in [7, 11) is 4.05. The predicted octanol–water partition coefficient (Wildman–Crippen LogP) is 5.54. The molecule has 6 aromatic heterocycles. The Bertz CT molecular complexity index is 2270. The zero-order valence-electron chi connectivity index (χ0n) is 26.8. The summed E-state index contributed by atoms with van der Waals surface area (Å²) in [5.74, 6) is 0.791. The number of aromatic nitrogens is 6. The van der Waals surface area contributed by atoms with E-state index in [0.717, 1.165) is 24.3 Å². The van der Waals surface area contributed by atoms with Crippen molar-refractivity contribution in [2.75, 3.05) is 32.5 Å². The number of fused-ring (bicyclic) bond motifs is 16. The van der Waals surface area contributed by atoms with Crippen LogP contribution in [0.3, 0.4) is 0 Å². The van der Waals surface area contributed by atoms with Crippen LogP contribution in [0, 0.1) is 0 Å². The van der Waals surface area contributed by atoms with Crippen molar-refractivity contribution in [2.24, 2.45) is 0 Å². The van der Waals surface area contributed by atoms with Crippen LogP contribution in [0.5, 0.6) is 0 Å².